The molecule has 1 saturated heterocycles. The van der Waals surface area contributed by atoms with Crippen LogP contribution in [0.15, 0.2) is 23.2 Å². The SMILES string of the molecule is NCc1cc(N=C(N)SF)ccc1N1CCCC1. The van der Waals surface area contributed by atoms with Gasteiger partial charge < -0.3 is 16.4 Å². The summed E-state index contributed by atoms with van der Waals surface area (Å²) >= 11 is -0.0513. The summed E-state index contributed by atoms with van der Waals surface area (Å²) in [5, 5.41) is -0.0908. The number of aliphatic imine (C=N–C) groups is 1. The average molecular weight is 268 g/mol. The van der Waals surface area contributed by atoms with Gasteiger partial charge in [0.1, 0.15) is 12.1 Å². The van der Waals surface area contributed by atoms with Gasteiger partial charge >= 0.3 is 0 Å². The predicted molar refractivity (Wildman–Crippen MR) is 75.8 cm³/mol. The number of halogens is 1. The molecule has 1 aliphatic heterocycles. The molecule has 1 aliphatic rings. The molecule has 0 unspecified atom stereocenters. The van der Waals surface area contributed by atoms with E-state index in [0.717, 1.165) is 24.3 Å². The summed E-state index contributed by atoms with van der Waals surface area (Å²) in [6.07, 6.45) is 2.44. The molecule has 0 radical (unpaired) electrons. The number of anilines is 1. The molecule has 0 amide bonds. The summed E-state index contributed by atoms with van der Waals surface area (Å²) in [7, 11) is 0. The standard InChI is InChI=1S/C12H17FN4S/c13-18-12(15)16-10-3-4-11(9(7-10)8-14)17-5-1-2-6-17/h3-4,7H,1-2,5-6,8,14H2,(H2,15,16). The van der Waals surface area contributed by atoms with Crippen molar-refractivity contribution in [3.8, 4) is 0 Å². The van der Waals surface area contributed by atoms with Gasteiger partial charge in [-0.1, -0.05) is 0 Å². The first kappa shape index (κ1) is 13.2. The van der Waals surface area contributed by atoms with Crippen LogP contribution in [-0.4, -0.2) is 18.3 Å². The Kier molecular flexibility index (Phi) is 4.43. The molecule has 4 nitrogen and oxygen atoms in total. The highest BCUT2D eigenvalue weighted by molar-refractivity contribution is 8.09. The van der Waals surface area contributed by atoms with Crippen molar-refractivity contribution in [2.24, 2.45) is 16.5 Å². The maximum absolute atomic E-state index is 12.2. The fraction of sp³-hybridized carbons (Fsp3) is 0.417. The maximum atomic E-state index is 12.2. The Morgan fingerprint density at radius 1 is 1.39 bits per heavy atom. The first-order valence-corrected chi connectivity index (χ1v) is 6.67. The molecule has 0 bridgehead atoms. The third-order valence-electron chi connectivity index (χ3n) is 3.05. The zero-order valence-corrected chi connectivity index (χ0v) is 10.9. The van der Waals surface area contributed by atoms with Crippen molar-refractivity contribution < 1.29 is 3.89 Å². The zero-order chi connectivity index (χ0) is 13.0. The van der Waals surface area contributed by atoms with Gasteiger partial charge in [-0.2, -0.15) is 3.89 Å². The van der Waals surface area contributed by atoms with Gasteiger partial charge in [0.15, 0.2) is 5.17 Å². The van der Waals surface area contributed by atoms with Crippen LogP contribution in [0.1, 0.15) is 18.4 Å². The van der Waals surface area contributed by atoms with E-state index in [1.807, 2.05) is 18.2 Å². The van der Waals surface area contributed by atoms with Crippen molar-refractivity contribution in [2.45, 2.75) is 19.4 Å². The highest BCUT2D eigenvalue weighted by Crippen LogP contribution is 2.28. The largest absolute Gasteiger partial charge is 0.376 e. The van der Waals surface area contributed by atoms with E-state index < -0.39 is 0 Å². The second kappa shape index (κ2) is 6.06. The Labute approximate surface area is 111 Å². The third kappa shape index (κ3) is 2.94. The maximum Gasteiger partial charge on any atom is 0.192 e. The second-order valence-electron chi connectivity index (χ2n) is 4.24. The molecular weight excluding hydrogens is 251 g/mol. The van der Waals surface area contributed by atoms with Crippen LogP contribution in [0.25, 0.3) is 0 Å². The summed E-state index contributed by atoms with van der Waals surface area (Å²) in [5.74, 6) is 0. The lowest BCUT2D eigenvalue weighted by Gasteiger charge is -2.21. The topological polar surface area (TPSA) is 67.6 Å². The minimum Gasteiger partial charge on any atom is -0.376 e. The van der Waals surface area contributed by atoms with E-state index in [0.29, 0.717) is 12.2 Å². The molecule has 1 aromatic rings. The minimum absolute atomic E-state index is 0.0513. The van der Waals surface area contributed by atoms with Gasteiger partial charge in [0.25, 0.3) is 0 Å². The molecule has 1 aromatic carbocycles. The van der Waals surface area contributed by atoms with Gasteiger partial charge in [-0.3, -0.25) is 0 Å². The van der Waals surface area contributed by atoms with Crippen molar-refractivity contribution in [3.63, 3.8) is 0 Å². The average Bonchev–Trinajstić information content (AvgIpc) is 2.92. The van der Waals surface area contributed by atoms with Crippen molar-refractivity contribution in [3.05, 3.63) is 23.8 Å². The Bertz CT molecular complexity index is 444. The molecule has 0 saturated carbocycles. The predicted octanol–water partition coefficient (Wildman–Crippen LogP) is 2.31. The van der Waals surface area contributed by atoms with E-state index in [1.165, 1.54) is 12.8 Å². The van der Waals surface area contributed by atoms with Crippen molar-refractivity contribution >= 4 is 28.7 Å². The monoisotopic (exact) mass is 268 g/mol. The quantitative estimate of drug-likeness (QED) is 0.652. The van der Waals surface area contributed by atoms with Gasteiger partial charge in [-0.15, -0.1) is 0 Å². The lowest BCUT2D eigenvalue weighted by molar-refractivity contribution is 0.940. The highest BCUT2D eigenvalue weighted by atomic mass is 32.2. The number of nitrogens with zero attached hydrogens (tertiary/aromatic N) is 2. The Hall–Kier alpha value is -1.27. The molecule has 0 spiro atoms. The van der Waals surface area contributed by atoms with Crippen molar-refractivity contribution in [1.82, 2.24) is 0 Å². The van der Waals surface area contributed by atoms with Crippen molar-refractivity contribution in [1.29, 1.82) is 0 Å². The van der Waals surface area contributed by atoms with E-state index in [-0.39, 0.29) is 17.3 Å². The van der Waals surface area contributed by atoms with Gasteiger partial charge in [0, 0.05) is 25.3 Å². The van der Waals surface area contributed by atoms with Crippen LogP contribution in [0.5, 0.6) is 0 Å². The highest BCUT2D eigenvalue weighted by Gasteiger charge is 2.15. The number of nitrogens with two attached hydrogens (primary N) is 2. The molecule has 4 N–H and O–H groups in total. The molecule has 0 atom stereocenters. The van der Waals surface area contributed by atoms with Crippen LogP contribution in [0, 0.1) is 0 Å². The number of rotatable bonds is 3. The second-order valence-corrected chi connectivity index (χ2v) is 4.81. The summed E-state index contributed by atoms with van der Waals surface area (Å²) in [6, 6.07) is 5.70. The Morgan fingerprint density at radius 2 is 2.11 bits per heavy atom. The smallest absolute Gasteiger partial charge is 0.192 e. The first-order valence-electron chi connectivity index (χ1n) is 5.95. The van der Waals surface area contributed by atoms with Gasteiger partial charge in [0.05, 0.1) is 5.69 Å². The van der Waals surface area contributed by atoms with E-state index in [2.05, 4.69) is 9.89 Å². The molecule has 2 rings (SSSR count). The van der Waals surface area contributed by atoms with Gasteiger partial charge in [-0.05, 0) is 36.6 Å². The van der Waals surface area contributed by atoms with Crippen LogP contribution < -0.4 is 16.4 Å². The fourth-order valence-electron chi connectivity index (χ4n) is 2.22. The van der Waals surface area contributed by atoms with Gasteiger partial charge in [-0.25, -0.2) is 4.99 Å². The molecule has 98 valence electrons. The van der Waals surface area contributed by atoms with Crippen LogP contribution in [0.2, 0.25) is 0 Å². The Balaban J connectivity index is 2.28. The summed E-state index contributed by atoms with van der Waals surface area (Å²) in [4.78, 5) is 6.28. The molecule has 6 heteroatoms. The molecule has 1 heterocycles. The van der Waals surface area contributed by atoms with Crippen LogP contribution in [-0.2, 0) is 6.54 Å². The minimum atomic E-state index is -0.0908. The molecule has 0 aliphatic carbocycles. The van der Waals surface area contributed by atoms with E-state index in [9.17, 15) is 3.89 Å². The fourth-order valence-corrected chi connectivity index (χ4v) is 2.36. The van der Waals surface area contributed by atoms with Crippen LogP contribution >= 0.6 is 12.1 Å². The summed E-state index contributed by atoms with van der Waals surface area (Å²) < 4.78 is 12.2. The summed E-state index contributed by atoms with van der Waals surface area (Å²) in [6.45, 7) is 2.58. The van der Waals surface area contributed by atoms with E-state index in [4.69, 9.17) is 11.5 Å². The molecule has 18 heavy (non-hydrogen) atoms. The van der Waals surface area contributed by atoms with Crippen molar-refractivity contribution in [2.75, 3.05) is 18.0 Å². The molecule has 1 fully saturated rings. The number of hydrogen-bond donors (Lipinski definition) is 2. The van der Waals surface area contributed by atoms with E-state index in [1.54, 1.807) is 0 Å². The lowest BCUT2D eigenvalue weighted by Crippen LogP contribution is -2.20. The zero-order valence-electron chi connectivity index (χ0n) is 10.1. The van der Waals surface area contributed by atoms with Gasteiger partial charge in [0.2, 0.25) is 0 Å². The molecular formula is C12H17FN4S. The number of amidine groups is 1. The first-order chi connectivity index (χ1) is 8.74. The normalized spacial score (nSPS) is 16.3. The van der Waals surface area contributed by atoms with Crippen LogP contribution in [0.3, 0.4) is 0 Å². The number of benzene rings is 1. The lowest BCUT2D eigenvalue weighted by atomic mass is 10.1. The summed E-state index contributed by atoms with van der Waals surface area (Å²) in [5.41, 5.74) is 13.9. The third-order valence-corrected chi connectivity index (χ3v) is 3.30. The Morgan fingerprint density at radius 3 is 2.72 bits per heavy atom. The molecule has 0 aromatic heterocycles. The van der Waals surface area contributed by atoms with Crippen LogP contribution in [0.4, 0.5) is 15.3 Å². The van der Waals surface area contributed by atoms with E-state index >= 15 is 0 Å². The number of hydrogen-bond acceptors (Lipinski definition) is 4.